The van der Waals surface area contributed by atoms with Crippen molar-refractivity contribution in [2.75, 3.05) is 0 Å². The molecular weight excluding hydrogens is 180 g/mol. The molecule has 0 saturated heterocycles. The lowest BCUT2D eigenvalue weighted by molar-refractivity contribution is -0.723. The molecule has 1 rings (SSSR count). The molecule has 0 aliphatic heterocycles. The van der Waals surface area contributed by atoms with Crippen molar-refractivity contribution in [1.29, 1.82) is 0 Å². The molecule has 0 fully saturated rings. The molecule has 0 radical (unpaired) electrons. The summed E-state index contributed by atoms with van der Waals surface area (Å²) in [4.78, 5) is 0. The highest BCUT2D eigenvalue weighted by Gasteiger charge is 2.01. The standard InChI is InChI=1S/C6H6N2O5/c9-6-2-1-4(7(10)11)3-5(6)8(12)13/h1-3,7-9H/q-2/p-1. The molecule has 0 aromatic heterocycles. The molecule has 0 heterocycles. The summed E-state index contributed by atoms with van der Waals surface area (Å²) in [5, 5.41) is 48.6. The Morgan fingerprint density at radius 3 is 2.00 bits per heavy atom. The maximum Gasteiger partial charge on any atom is 0.137 e. The molecule has 0 spiro atoms. The molecule has 0 aliphatic carbocycles. The van der Waals surface area contributed by atoms with E-state index in [1.807, 2.05) is 0 Å². The van der Waals surface area contributed by atoms with Crippen molar-refractivity contribution in [1.82, 2.24) is 0 Å². The summed E-state index contributed by atoms with van der Waals surface area (Å²) < 4.78 is 0. The molecule has 1 aromatic carbocycles. The lowest BCUT2D eigenvalue weighted by Gasteiger charge is -2.31. The first-order valence-corrected chi connectivity index (χ1v) is 3.26. The molecule has 0 atom stereocenters. The minimum Gasteiger partial charge on any atom is -0.868 e. The van der Waals surface area contributed by atoms with Gasteiger partial charge in [0, 0.05) is 0 Å². The Bertz CT molecular complexity index is 301. The summed E-state index contributed by atoms with van der Waals surface area (Å²) in [6.45, 7) is 0. The van der Waals surface area contributed by atoms with Gasteiger partial charge in [0.25, 0.3) is 0 Å². The van der Waals surface area contributed by atoms with Gasteiger partial charge < -0.3 is 36.4 Å². The van der Waals surface area contributed by atoms with Crippen LogP contribution in [0.1, 0.15) is 0 Å². The summed E-state index contributed by atoms with van der Waals surface area (Å²) in [6.07, 6.45) is 0. The Balaban J connectivity index is 3.11. The average molecular weight is 185 g/mol. The third-order valence-electron chi connectivity index (χ3n) is 1.44. The van der Waals surface area contributed by atoms with Crippen LogP contribution in [0.5, 0.6) is 5.75 Å². The Hall–Kier alpha value is -1.22. The van der Waals surface area contributed by atoms with E-state index >= 15 is 0 Å². The highest BCUT2D eigenvalue weighted by molar-refractivity contribution is 5.51. The highest BCUT2D eigenvalue weighted by Crippen LogP contribution is 2.18. The summed E-state index contributed by atoms with van der Waals surface area (Å²) in [5.74, 6) is -0.787. The van der Waals surface area contributed by atoms with Crippen molar-refractivity contribution in [3.8, 4) is 5.75 Å². The zero-order valence-corrected chi connectivity index (χ0v) is 6.27. The lowest BCUT2D eigenvalue weighted by Crippen LogP contribution is -2.98. The average Bonchev–Trinajstić information content (AvgIpc) is 2.04. The minimum atomic E-state index is -1.70. The van der Waals surface area contributed by atoms with Crippen LogP contribution in [0.15, 0.2) is 18.2 Å². The summed E-state index contributed by atoms with van der Waals surface area (Å²) in [5.41, 5.74) is -1.04. The molecule has 0 amide bonds. The third-order valence-corrected chi connectivity index (χ3v) is 1.44. The predicted molar refractivity (Wildman–Crippen MR) is 40.6 cm³/mol. The van der Waals surface area contributed by atoms with Gasteiger partial charge in [-0.2, -0.15) is 0 Å². The second-order valence-electron chi connectivity index (χ2n) is 2.29. The predicted octanol–water partition coefficient (Wildman–Crippen LogP) is -2.22. The Labute approximate surface area is 72.7 Å². The zero-order chi connectivity index (χ0) is 10.0. The molecular formula is C6H5N2O5-3. The molecule has 1 aromatic rings. The first kappa shape index (κ1) is 9.86. The van der Waals surface area contributed by atoms with Gasteiger partial charge in [0.05, 0.1) is 6.07 Å². The molecule has 7 heteroatoms. The molecule has 0 unspecified atom stereocenters. The minimum absolute atomic E-state index is 0.362. The van der Waals surface area contributed by atoms with Crippen LogP contribution in [0.2, 0.25) is 0 Å². The summed E-state index contributed by atoms with van der Waals surface area (Å²) >= 11 is 0. The fourth-order valence-corrected chi connectivity index (χ4v) is 0.816. The molecule has 72 valence electrons. The van der Waals surface area contributed by atoms with Gasteiger partial charge in [0.1, 0.15) is 11.4 Å². The second-order valence-corrected chi connectivity index (χ2v) is 2.29. The number of nitrogens with one attached hydrogen (secondary N) is 2. The van der Waals surface area contributed by atoms with E-state index in [0.717, 1.165) is 12.1 Å². The fraction of sp³-hybridized carbons (Fsp3) is 0. The lowest BCUT2D eigenvalue weighted by atomic mass is 10.2. The largest absolute Gasteiger partial charge is 0.868 e. The number of rotatable bonds is 2. The van der Waals surface area contributed by atoms with E-state index < -0.39 is 21.9 Å². The Morgan fingerprint density at radius 1 is 0.923 bits per heavy atom. The molecule has 13 heavy (non-hydrogen) atoms. The van der Waals surface area contributed by atoms with Gasteiger partial charge in [-0.1, -0.05) is 6.07 Å². The van der Waals surface area contributed by atoms with Crippen molar-refractivity contribution in [3.05, 3.63) is 39.0 Å². The summed E-state index contributed by atoms with van der Waals surface area (Å²) in [6, 6.07) is 2.54. The van der Waals surface area contributed by atoms with Gasteiger partial charge in [-0.05, 0) is 11.8 Å². The fourth-order valence-electron chi connectivity index (χ4n) is 0.816. The van der Waals surface area contributed by atoms with E-state index in [1.54, 1.807) is 0 Å². The van der Waals surface area contributed by atoms with Crippen LogP contribution in [-0.4, -0.2) is 0 Å². The van der Waals surface area contributed by atoms with Crippen molar-refractivity contribution in [3.63, 3.8) is 0 Å². The number of benzene rings is 1. The van der Waals surface area contributed by atoms with E-state index in [2.05, 4.69) is 0 Å². The first-order chi connectivity index (χ1) is 6.02. The quantitative estimate of drug-likeness (QED) is 0.505. The van der Waals surface area contributed by atoms with Crippen molar-refractivity contribution < 1.29 is 15.6 Å². The first-order valence-electron chi connectivity index (χ1n) is 3.26. The zero-order valence-electron chi connectivity index (χ0n) is 6.27. The van der Waals surface area contributed by atoms with Crippen LogP contribution in [0, 0.1) is 20.8 Å². The normalized spacial score (nSPS) is 11.2. The van der Waals surface area contributed by atoms with Gasteiger partial charge in [-0.3, -0.25) is 0 Å². The van der Waals surface area contributed by atoms with Crippen molar-refractivity contribution in [2.24, 2.45) is 0 Å². The van der Waals surface area contributed by atoms with Gasteiger partial charge >= 0.3 is 0 Å². The Kier molecular flexibility index (Phi) is 2.78. The number of quaternary nitrogens is 2. The van der Waals surface area contributed by atoms with Gasteiger partial charge in [-0.15, -0.1) is 0 Å². The van der Waals surface area contributed by atoms with Crippen LogP contribution in [-0.2, 0) is 0 Å². The van der Waals surface area contributed by atoms with E-state index in [1.165, 1.54) is 0 Å². The monoisotopic (exact) mass is 185 g/mol. The van der Waals surface area contributed by atoms with Gasteiger partial charge in [-0.25, -0.2) is 0 Å². The maximum absolute atomic E-state index is 10.8. The highest BCUT2D eigenvalue weighted by atomic mass is 16.8. The molecule has 0 aliphatic rings. The number of hydrogen-bond donors (Lipinski definition) is 2. The maximum atomic E-state index is 10.8. The van der Waals surface area contributed by atoms with E-state index in [9.17, 15) is 25.9 Å². The Morgan fingerprint density at radius 2 is 1.54 bits per heavy atom. The van der Waals surface area contributed by atoms with E-state index in [4.69, 9.17) is 0 Å². The number of hydrogen-bond acceptors (Lipinski definition) is 5. The van der Waals surface area contributed by atoms with Crippen LogP contribution in [0.3, 0.4) is 0 Å². The molecule has 7 nitrogen and oxygen atoms in total. The van der Waals surface area contributed by atoms with Crippen LogP contribution < -0.4 is 15.6 Å². The third kappa shape index (κ3) is 2.12. The molecule has 0 saturated carbocycles. The van der Waals surface area contributed by atoms with Crippen LogP contribution in [0.25, 0.3) is 0 Å². The van der Waals surface area contributed by atoms with E-state index in [0.29, 0.717) is 6.07 Å². The van der Waals surface area contributed by atoms with E-state index in [-0.39, 0.29) is 5.69 Å². The van der Waals surface area contributed by atoms with Crippen molar-refractivity contribution >= 4 is 11.4 Å². The molecule has 2 N–H and O–H groups in total. The van der Waals surface area contributed by atoms with Crippen molar-refractivity contribution in [2.45, 2.75) is 0 Å². The topological polar surface area (TPSA) is 124 Å². The summed E-state index contributed by atoms with van der Waals surface area (Å²) in [7, 11) is 0. The van der Waals surface area contributed by atoms with Gasteiger partial charge in [0.2, 0.25) is 0 Å². The smallest absolute Gasteiger partial charge is 0.137 e. The SMILES string of the molecule is [O-]c1ccc([NH+]([O-])[O-])cc1[NH+]([O-])[O-]. The van der Waals surface area contributed by atoms with Crippen LogP contribution >= 0.6 is 0 Å². The van der Waals surface area contributed by atoms with Gasteiger partial charge in [0.15, 0.2) is 0 Å². The van der Waals surface area contributed by atoms with Crippen LogP contribution in [0.4, 0.5) is 11.4 Å². The molecule has 0 bridgehead atoms. The second kappa shape index (κ2) is 3.66.